The molecule has 2 aromatic rings. The van der Waals surface area contributed by atoms with Crippen molar-refractivity contribution in [2.24, 2.45) is 12.8 Å². The third kappa shape index (κ3) is 2.97. The largest absolute Gasteiger partial charge is 0.326 e. The van der Waals surface area contributed by atoms with Crippen LogP contribution in [-0.4, -0.2) is 20.7 Å². The third-order valence-corrected chi connectivity index (χ3v) is 2.79. The van der Waals surface area contributed by atoms with Crippen LogP contribution in [0.4, 0.5) is 5.82 Å². The average Bonchev–Trinajstić information content (AvgIpc) is 2.81. The summed E-state index contributed by atoms with van der Waals surface area (Å²) in [6.45, 7) is 2.40. The van der Waals surface area contributed by atoms with Crippen LogP contribution in [0.1, 0.15) is 28.5 Å². The molecule has 1 amide bonds. The zero-order valence-corrected chi connectivity index (χ0v) is 11.1. The van der Waals surface area contributed by atoms with Gasteiger partial charge in [-0.25, -0.2) is 4.98 Å². The number of aryl methyl sites for hydroxylation is 2. The normalized spacial score (nSPS) is 10.5. The lowest BCUT2D eigenvalue weighted by molar-refractivity contribution is 0.102. The zero-order chi connectivity index (χ0) is 13.8. The molecule has 0 saturated carbocycles. The number of rotatable bonds is 4. The molecule has 2 heterocycles. The van der Waals surface area contributed by atoms with Crippen LogP contribution in [0.25, 0.3) is 0 Å². The highest BCUT2D eigenvalue weighted by molar-refractivity contribution is 6.04. The van der Waals surface area contributed by atoms with Crippen LogP contribution in [0, 0.1) is 0 Å². The molecule has 0 bridgehead atoms. The van der Waals surface area contributed by atoms with Crippen molar-refractivity contribution in [2.45, 2.75) is 19.9 Å². The molecule has 100 valence electrons. The highest BCUT2D eigenvalue weighted by Crippen LogP contribution is 2.11. The number of nitrogens with zero attached hydrogens (tertiary/aromatic N) is 3. The number of carbonyl (C=O) groups is 1. The standard InChI is InChI=1S/C13H17N5O/c1-3-11-10(8-18(2)17-11)13(19)16-12-5-4-9(6-14)7-15-12/h4-5,7-8H,3,6,14H2,1-2H3,(H,15,16,19). The molecule has 0 saturated heterocycles. The van der Waals surface area contributed by atoms with E-state index in [0.717, 1.165) is 11.3 Å². The monoisotopic (exact) mass is 259 g/mol. The molecule has 3 N–H and O–H groups in total. The molecule has 0 radical (unpaired) electrons. The molecular formula is C13H17N5O. The van der Waals surface area contributed by atoms with Crippen molar-refractivity contribution in [3.63, 3.8) is 0 Å². The van der Waals surface area contributed by atoms with Crippen LogP contribution >= 0.6 is 0 Å². The maximum Gasteiger partial charge on any atom is 0.260 e. The molecule has 0 spiro atoms. The molecule has 0 aromatic carbocycles. The summed E-state index contributed by atoms with van der Waals surface area (Å²) in [7, 11) is 1.80. The number of anilines is 1. The Morgan fingerprint density at radius 3 is 2.84 bits per heavy atom. The Hall–Kier alpha value is -2.21. The van der Waals surface area contributed by atoms with E-state index in [0.29, 0.717) is 24.3 Å². The van der Waals surface area contributed by atoms with Gasteiger partial charge in [0.05, 0.1) is 11.3 Å². The van der Waals surface area contributed by atoms with Crippen molar-refractivity contribution in [1.82, 2.24) is 14.8 Å². The van der Waals surface area contributed by atoms with Crippen molar-refractivity contribution in [3.8, 4) is 0 Å². The molecule has 0 aliphatic heterocycles. The Bertz CT molecular complexity index is 573. The number of nitrogens with one attached hydrogen (secondary N) is 1. The number of pyridine rings is 1. The van der Waals surface area contributed by atoms with E-state index in [4.69, 9.17) is 5.73 Å². The number of nitrogens with two attached hydrogens (primary N) is 1. The van der Waals surface area contributed by atoms with Crippen molar-refractivity contribution in [1.29, 1.82) is 0 Å². The zero-order valence-electron chi connectivity index (χ0n) is 11.1. The Balaban J connectivity index is 2.15. The van der Waals surface area contributed by atoms with Gasteiger partial charge in [-0.2, -0.15) is 5.10 Å². The van der Waals surface area contributed by atoms with E-state index in [1.165, 1.54) is 0 Å². The second-order valence-corrected chi connectivity index (χ2v) is 4.23. The molecule has 0 aliphatic rings. The van der Waals surface area contributed by atoms with Gasteiger partial charge in [0.1, 0.15) is 5.82 Å². The minimum atomic E-state index is -0.196. The molecule has 6 nitrogen and oxygen atoms in total. The first-order valence-corrected chi connectivity index (χ1v) is 6.13. The van der Waals surface area contributed by atoms with Gasteiger partial charge in [-0.3, -0.25) is 9.48 Å². The summed E-state index contributed by atoms with van der Waals surface area (Å²) < 4.78 is 1.64. The van der Waals surface area contributed by atoms with Gasteiger partial charge in [0.15, 0.2) is 0 Å². The summed E-state index contributed by atoms with van der Waals surface area (Å²) in [6.07, 6.45) is 4.07. The van der Waals surface area contributed by atoms with E-state index in [1.54, 1.807) is 30.2 Å². The fourth-order valence-electron chi connectivity index (χ4n) is 1.79. The molecule has 19 heavy (non-hydrogen) atoms. The van der Waals surface area contributed by atoms with Crippen molar-refractivity contribution in [2.75, 3.05) is 5.32 Å². The van der Waals surface area contributed by atoms with E-state index < -0.39 is 0 Å². The molecular weight excluding hydrogens is 242 g/mol. The number of amides is 1. The van der Waals surface area contributed by atoms with E-state index in [1.807, 2.05) is 13.0 Å². The number of carbonyl (C=O) groups excluding carboxylic acids is 1. The van der Waals surface area contributed by atoms with Crippen molar-refractivity contribution in [3.05, 3.63) is 41.3 Å². The minimum absolute atomic E-state index is 0.196. The lowest BCUT2D eigenvalue weighted by Gasteiger charge is -2.04. The van der Waals surface area contributed by atoms with Crippen LogP contribution in [0.2, 0.25) is 0 Å². The Labute approximate surface area is 111 Å². The first-order chi connectivity index (χ1) is 9.13. The number of hydrogen-bond acceptors (Lipinski definition) is 4. The molecule has 6 heteroatoms. The van der Waals surface area contributed by atoms with Crippen LogP contribution in [-0.2, 0) is 20.0 Å². The lowest BCUT2D eigenvalue weighted by atomic mass is 10.2. The van der Waals surface area contributed by atoms with Gasteiger partial charge < -0.3 is 11.1 Å². The van der Waals surface area contributed by atoms with Crippen LogP contribution in [0.3, 0.4) is 0 Å². The Morgan fingerprint density at radius 2 is 2.26 bits per heavy atom. The molecule has 0 fully saturated rings. The summed E-state index contributed by atoms with van der Waals surface area (Å²) in [5.74, 6) is 0.311. The van der Waals surface area contributed by atoms with Crippen LogP contribution in [0.5, 0.6) is 0 Å². The molecule has 2 aromatic heterocycles. The summed E-state index contributed by atoms with van der Waals surface area (Å²) >= 11 is 0. The Morgan fingerprint density at radius 1 is 1.47 bits per heavy atom. The van der Waals surface area contributed by atoms with Crippen molar-refractivity contribution < 1.29 is 4.79 Å². The quantitative estimate of drug-likeness (QED) is 0.860. The lowest BCUT2D eigenvalue weighted by Crippen LogP contribution is -2.14. The second-order valence-electron chi connectivity index (χ2n) is 4.23. The van der Waals surface area contributed by atoms with Gasteiger partial charge in [-0.05, 0) is 18.1 Å². The highest BCUT2D eigenvalue weighted by Gasteiger charge is 2.14. The van der Waals surface area contributed by atoms with Gasteiger partial charge in [-0.1, -0.05) is 13.0 Å². The molecule has 0 atom stereocenters. The Kier molecular flexibility index (Phi) is 3.91. The predicted molar refractivity (Wildman–Crippen MR) is 72.7 cm³/mol. The minimum Gasteiger partial charge on any atom is -0.326 e. The number of aromatic nitrogens is 3. The van der Waals surface area contributed by atoms with Gasteiger partial charge in [-0.15, -0.1) is 0 Å². The van der Waals surface area contributed by atoms with Crippen LogP contribution in [0.15, 0.2) is 24.5 Å². The number of hydrogen-bond donors (Lipinski definition) is 2. The first kappa shape index (κ1) is 13.2. The van der Waals surface area contributed by atoms with Gasteiger partial charge in [0, 0.05) is 26.0 Å². The SMILES string of the molecule is CCc1nn(C)cc1C(=O)Nc1ccc(CN)cn1. The second kappa shape index (κ2) is 5.62. The molecule has 0 unspecified atom stereocenters. The molecule has 0 aliphatic carbocycles. The fourth-order valence-corrected chi connectivity index (χ4v) is 1.79. The summed E-state index contributed by atoms with van der Waals surface area (Å²) in [5.41, 5.74) is 7.77. The third-order valence-electron chi connectivity index (χ3n) is 2.79. The van der Waals surface area contributed by atoms with E-state index >= 15 is 0 Å². The van der Waals surface area contributed by atoms with E-state index in [9.17, 15) is 4.79 Å². The molecule has 2 rings (SSSR count). The van der Waals surface area contributed by atoms with Gasteiger partial charge in [0.2, 0.25) is 0 Å². The topological polar surface area (TPSA) is 85.8 Å². The van der Waals surface area contributed by atoms with E-state index in [2.05, 4.69) is 15.4 Å². The maximum absolute atomic E-state index is 12.1. The van der Waals surface area contributed by atoms with Gasteiger partial charge in [0.25, 0.3) is 5.91 Å². The fraction of sp³-hybridized carbons (Fsp3) is 0.308. The average molecular weight is 259 g/mol. The smallest absolute Gasteiger partial charge is 0.260 e. The highest BCUT2D eigenvalue weighted by atomic mass is 16.1. The maximum atomic E-state index is 12.1. The summed E-state index contributed by atoms with van der Waals surface area (Å²) in [5, 5.41) is 6.99. The van der Waals surface area contributed by atoms with Gasteiger partial charge >= 0.3 is 0 Å². The van der Waals surface area contributed by atoms with Crippen molar-refractivity contribution >= 4 is 11.7 Å². The van der Waals surface area contributed by atoms with Crippen LogP contribution < -0.4 is 11.1 Å². The predicted octanol–water partition coefficient (Wildman–Crippen LogP) is 1.09. The summed E-state index contributed by atoms with van der Waals surface area (Å²) in [6, 6.07) is 3.58. The van der Waals surface area contributed by atoms with E-state index in [-0.39, 0.29) is 5.91 Å². The summed E-state index contributed by atoms with van der Waals surface area (Å²) in [4.78, 5) is 16.3. The first-order valence-electron chi connectivity index (χ1n) is 6.13.